The first-order valence-corrected chi connectivity index (χ1v) is 10.3. The van der Waals surface area contributed by atoms with Crippen LogP contribution in [0.15, 0.2) is 70.3 Å². The largest absolute Gasteiger partial charge is 0.497 e. The van der Waals surface area contributed by atoms with Crippen LogP contribution in [0.4, 0.5) is 0 Å². The molecule has 0 unspecified atom stereocenters. The van der Waals surface area contributed by atoms with Gasteiger partial charge < -0.3 is 14.5 Å². The van der Waals surface area contributed by atoms with E-state index in [0.29, 0.717) is 5.56 Å². The van der Waals surface area contributed by atoms with Crippen LogP contribution in [-0.2, 0) is 26.9 Å². The van der Waals surface area contributed by atoms with Crippen molar-refractivity contribution in [3.05, 3.63) is 77.7 Å². The van der Waals surface area contributed by atoms with E-state index in [-0.39, 0.29) is 24.1 Å². The fraction of sp³-hybridized carbons (Fsp3) is 0.150. The van der Waals surface area contributed by atoms with Crippen LogP contribution in [0.5, 0.6) is 5.75 Å². The maximum atomic E-state index is 12.4. The van der Waals surface area contributed by atoms with E-state index in [1.807, 2.05) is 12.1 Å². The molecule has 0 saturated carbocycles. The Bertz CT molecular complexity index is 1090. The molecule has 1 amide bonds. The molecule has 29 heavy (non-hydrogen) atoms. The van der Waals surface area contributed by atoms with Crippen LogP contribution in [0.3, 0.4) is 0 Å². The van der Waals surface area contributed by atoms with E-state index in [2.05, 4.69) is 15.5 Å². The minimum Gasteiger partial charge on any atom is -0.497 e. The topological polar surface area (TPSA) is 111 Å². The molecule has 1 heterocycles. The first-order chi connectivity index (χ1) is 14.0. The van der Waals surface area contributed by atoms with Gasteiger partial charge in [0.1, 0.15) is 5.75 Å². The van der Waals surface area contributed by atoms with E-state index < -0.39 is 15.1 Å². The quantitative estimate of drug-likeness (QED) is 0.564. The second kappa shape index (κ2) is 9.16. The number of aromatic nitrogens is 2. The summed E-state index contributed by atoms with van der Waals surface area (Å²) in [5.41, 5.74) is 1.44. The zero-order valence-corrected chi connectivity index (χ0v) is 16.4. The molecule has 150 valence electrons. The molecular weight excluding hydrogens is 394 g/mol. The number of rotatable bonds is 8. The van der Waals surface area contributed by atoms with Gasteiger partial charge in [0.05, 0.1) is 19.4 Å². The molecule has 1 aromatic heterocycles. The molecule has 3 rings (SSSR count). The Kier molecular flexibility index (Phi) is 6.40. The third-order valence-corrected chi connectivity index (χ3v) is 5.28. The number of carbonyl (C=O) groups excluding carboxylic acids is 1. The van der Waals surface area contributed by atoms with Crippen LogP contribution in [0, 0.1) is 0 Å². The first kappa shape index (κ1) is 20.3. The average molecular weight is 413 g/mol. The van der Waals surface area contributed by atoms with Crippen molar-refractivity contribution in [3.63, 3.8) is 0 Å². The van der Waals surface area contributed by atoms with Gasteiger partial charge in [0.15, 0.2) is 0 Å². The van der Waals surface area contributed by atoms with Crippen LogP contribution < -0.4 is 10.1 Å². The SMILES string of the molecule is COc1ccc(/C=C/C(=O)NCc2nnc(S(=O)(=O)Cc3ccccc3)o2)cc1. The third kappa shape index (κ3) is 5.76. The van der Waals surface area contributed by atoms with Gasteiger partial charge in [-0.3, -0.25) is 4.79 Å². The first-order valence-electron chi connectivity index (χ1n) is 8.65. The standard InChI is InChI=1S/C20H19N3O5S/c1-27-17-10-7-15(8-11-17)9-12-18(24)21-13-19-22-23-20(28-19)29(25,26)14-16-5-3-2-4-6-16/h2-12H,13-14H2,1H3,(H,21,24)/b12-9+. The normalized spacial score (nSPS) is 11.5. The van der Waals surface area contributed by atoms with Crippen LogP contribution in [-0.4, -0.2) is 31.6 Å². The molecular formula is C20H19N3O5S. The highest BCUT2D eigenvalue weighted by molar-refractivity contribution is 7.90. The Morgan fingerprint density at radius 2 is 1.83 bits per heavy atom. The summed E-state index contributed by atoms with van der Waals surface area (Å²) in [7, 11) is -2.18. The van der Waals surface area contributed by atoms with Gasteiger partial charge in [-0.25, -0.2) is 8.42 Å². The summed E-state index contributed by atoms with van der Waals surface area (Å²) in [6, 6.07) is 15.9. The van der Waals surface area contributed by atoms with Crippen molar-refractivity contribution in [2.45, 2.75) is 17.5 Å². The van der Waals surface area contributed by atoms with Crippen molar-refractivity contribution in [2.24, 2.45) is 0 Å². The van der Waals surface area contributed by atoms with Crippen LogP contribution in [0.2, 0.25) is 0 Å². The molecule has 0 spiro atoms. The van der Waals surface area contributed by atoms with Gasteiger partial charge >= 0.3 is 5.22 Å². The number of sulfone groups is 1. The number of hydrogen-bond acceptors (Lipinski definition) is 7. The Morgan fingerprint density at radius 3 is 2.52 bits per heavy atom. The maximum Gasteiger partial charge on any atom is 0.335 e. The Balaban J connectivity index is 1.55. The summed E-state index contributed by atoms with van der Waals surface area (Å²) < 4.78 is 35.0. The molecule has 2 aromatic carbocycles. The van der Waals surface area contributed by atoms with Crippen molar-refractivity contribution in [1.82, 2.24) is 15.5 Å². The van der Waals surface area contributed by atoms with Gasteiger partial charge in [-0.2, -0.15) is 0 Å². The predicted octanol–water partition coefficient (Wildman–Crippen LogP) is 2.38. The van der Waals surface area contributed by atoms with E-state index >= 15 is 0 Å². The highest BCUT2D eigenvalue weighted by Gasteiger charge is 2.23. The Hall–Kier alpha value is -3.46. The summed E-state index contributed by atoms with van der Waals surface area (Å²) in [5, 5.41) is 9.36. The Morgan fingerprint density at radius 1 is 1.10 bits per heavy atom. The molecule has 0 aliphatic rings. The number of benzene rings is 2. The average Bonchev–Trinajstić information content (AvgIpc) is 3.22. The van der Waals surface area contributed by atoms with Crippen LogP contribution >= 0.6 is 0 Å². The maximum absolute atomic E-state index is 12.4. The fourth-order valence-electron chi connectivity index (χ4n) is 2.40. The zero-order chi connectivity index (χ0) is 20.7. The third-order valence-electron chi connectivity index (χ3n) is 3.87. The van der Waals surface area contributed by atoms with E-state index in [4.69, 9.17) is 9.15 Å². The van der Waals surface area contributed by atoms with Crippen molar-refractivity contribution >= 4 is 21.8 Å². The number of amides is 1. The van der Waals surface area contributed by atoms with E-state index in [1.165, 1.54) is 6.08 Å². The minimum absolute atomic E-state index is 0.00262. The summed E-state index contributed by atoms with van der Waals surface area (Å²) in [4.78, 5) is 11.9. The minimum atomic E-state index is -3.76. The lowest BCUT2D eigenvalue weighted by Crippen LogP contribution is -2.20. The molecule has 0 fully saturated rings. The molecule has 8 nitrogen and oxygen atoms in total. The molecule has 0 aliphatic carbocycles. The highest BCUT2D eigenvalue weighted by Crippen LogP contribution is 2.15. The number of carbonyl (C=O) groups is 1. The van der Waals surface area contributed by atoms with Crippen molar-refractivity contribution in [3.8, 4) is 5.75 Å². The molecule has 3 aromatic rings. The lowest BCUT2D eigenvalue weighted by Gasteiger charge is -2.00. The monoisotopic (exact) mass is 413 g/mol. The number of nitrogens with zero attached hydrogens (tertiary/aromatic N) is 2. The van der Waals surface area contributed by atoms with Gasteiger partial charge in [0, 0.05) is 6.08 Å². The molecule has 1 N–H and O–H groups in total. The highest BCUT2D eigenvalue weighted by atomic mass is 32.2. The summed E-state index contributed by atoms with van der Waals surface area (Å²) in [6.07, 6.45) is 2.99. The molecule has 0 atom stereocenters. The molecule has 0 radical (unpaired) electrons. The van der Waals surface area contributed by atoms with Gasteiger partial charge in [0.2, 0.25) is 21.6 Å². The lowest BCUT2D eigenvalue weighted by molar-refractivity contribution is -0.116. The van der Waals surface area contributed by atoms with Gasteiger partial charge in [-0.15, -0.1) is 5.10 Å². The zero-order valence-electron chi connectivity index (χ0n) is 15.6. The number of methoxy groups -OCH3 is 1. The Labute approximate surface area is 168 Å². The van der Waals surface area contributed by atoms with E-state index in [9.17, 15) is 13.2 Å². The molecule has 0 aliphatic heterocycles. The van der Waals surface area contributed by atoms with E-state index in [0.717, 1.165) is 11.3 Å². The second-order valence-corrected chi connectivity index (χ2v) is 7.90. The van der Waals surface area contributed by atoms with Crippen molar-refractivity contribution in [1.29, 1.82) is 0 Å². The van der Waals surface area contributed by atoms with E-state index in [1.54, 1.807) is 55.7 Å². The molecule has 0 bridgehead atoms. The number of ether oxygens (including phenoxy) is 1. The molecule has 9 heteroatoms. The van der Waals surface area contributed by atoms with Gasteiger partial charge in [0.25, 0.3) is 0 Å². The predicted molar refractivity (Wildman–Crippen MR) is 106 cm³/mol. The summed E-state index contributed by atoms with van der Waals surface area (Å²) in [6.45, 7) is -0.0837. The summed E-state index contributed by atoms with van der Waals surface area (Å²) >= 11 is 0. The van der Waals surface area contributed by atoms with Gasteiger partial charge in [-0.05, 0) is 29.3 Å². The van der Waals surface area contributed by atoms with Gasteiger partial charge in [-0.1, -0.05) is 47.6 Å². The van der Waals surface area contributed by atoms with Crippen molar-refractivity contribution in [2.75, 3.05) is 7.11 Å². The molecule has 0 saturated heterocycles. The summed E-state index contributed by atoms with van der Waals surface area (Å²) in [5.74, 6) is 0.100. The number of hydrogen-bond donors (Lipinski definition) is 1. The number of nitrogens with one attached hydrogen (secondary N) is 1. The fourth-order valence-corrected chi connectivity index (χ4v) is 3.54. The van der Waals surface area contributed by atoms with Crippen LogP contribution in [0.25, 0.3) is 6.08 Å². The van der Waals surface area contributed by atoms with Crippen molar-refractivity contribution < 1.29 is 22.4 Å². The smallest absolute Gasteiger partial charge is 0.335 e. The second-order valence-electron chi connectivity index (χ2n) is 6.03. The lowest BCUT2D eigenvalue weighted by atomic mass is 10.2. The van der Waals surface area contributed by atoms with Crippen LogP contribution in [0.1, 0.15) is 17.0 Å².